The van der Waals surface area contributed by atoms with Gasteiger partial charge in [-0.25, -0.2) is 0 Å². The average molecular weight is 270 g/mol. The Bertz CT molecular complexity index is 573. The minimum Gasteiger partial charge on any atom is -0.497 e. The molecule has 0 saturated heterocycles. The normalized spacial score (nSPS) is 10.1. The van der Waals surface area contributed by atoms with Gasteiger partial charge in [-0.2, -0.15) is 0 Å². The number of ketones is 1. The molecular formula is C17H18O3. The molecule has 3 heteroatoms. The largest absolute Gasteiger partial charge is 0.497 e. The lowest BCUT2D eigenvalue weighted by atomic mass is 10.0. The summed E-state index contributed by atoms with van der Waals surface area (Å²) in [6.07, 6.45) is 0.804. The zero-order valence-corrected chi connectivity index (χ0v) is 11.8. The molecular weight excluding hydrogens is 252 g/mol. The average Bonchev–Trinajstić information content (AvgIpc) is 2.48. The number of para-hydroxylation sites is 1. The van der Waals surface area contributed by atoms with E-state index in [4.69, 9.17) is 9.47 Å². The van der Waals surface area contributed by atoms with Crippen LogP contribution in [0.1, 0.15) is 11.1 Å². The first-order valence-corrected chi connectivity index (χ1v) is 6.49. The van der Waals surface area contributed by atoms with Crippen molar-refractivity contribution in [1.29, 1.82) is 0 Å². The van der Waals surface area contributed by atoms with Gasteiger partial charge in [-0.05, 0) is 23.8 Å². The van der Waals surface area contributed by atoms with Gasteiger partial charge >= 0.3 is 0 Å². The molecule has 104 valence electrons. The first kappa shape index (κ1) is 14.1. The summed E-state index contributed by atoms with van der Waals surface area (Å²) in [7, 11) is 3.24. The molecule has 0 N–H and O–H groups in total. The van der Waals surface area contributed by atoms with Crippen LogP contribution in [-0.4, -0.2) is 20.0 Å². The Labute approximate surface area is 119 Å². The number of ether oxygens (including phenoxy) is 2. The number of carbonyl (C=O) groups excluding carboxylic acids is 1. The molecule has 0 aliphatic carbocycles. The molecule has 3 nitrogen and oxygen atoms in total. The van der Waals surface area contributed by atoms with Gasteiger partial charge in [0, 0.05) is 18.4 Å². The Balaban J connectivity index is 2.01. The molecule has 0 aromatic heterocycles. The maximum absolute atomic E-state index is 12.1. The Hall–Kier alpha value is -2.29. The van der Waals surface area contributed by atoms with Crippen molar-refractivity contribution in [2.75, 3.05) is 14.2 Å². The van der Waals surface area contributed by atoms with E-state index in [-0.39, 0.29) is 5.78 Å². The van der Waals surface area contributed by atoms with Crippen molar-refractivity contribution >= 4 is 5.78 Å². The fraction of sp³-hybridized carbons (Fsp3) is 0.235. The van der Waals surface area contributed by atoms with Crippen LogP contribution in [0.3, 0.4) is 0 Å². The van der Waals surface area contributed by atoms with E-state index in [1.807, 2.05) is 48.5 Å². The van der Waals surface area contributed by atoms with E-state index in [9.17, 15) is 4.79 Å². The number of rotatable bonds is 6. The quantitative estimate of drug-likeness (QED) is 0.809. The molecule has 0 atom stereocenters. The third-order valence-electron chi connectivity index (χ3n) is 3.14. The molecule has 20 heavy (non-hydrogen) atoms. The van der Waals surface area contributed by atoms with E-state index < -0.39 is 0 Å². The molecule has 0 saturated carbocycles. The summed E-state index contributed by atoms with van der Waals surface area (Å²) in [5.74, 6) is 1.72. The molecule has 0 bridgehead atoms. The topological polar surface area (TPSA) is 35.5 Å². The van der Waals surface area contributed by atoms with E-state index in [2.05, 4.69) is 0 Å². The lowest BCUT2D eigenvalue weighted by Gasteiger charge is -2.07. The minimum atomic E-state index is 0.166. The minimum absolute atomic E-state index is 0.166. The molecule has 0 unspecified atom stereocenters. The second-order valence-electron chi connectivity index (χ2n) is 4.55. The standard InChI is InChI=1S/C17H18O3/c1-19-16-9-7-13(8-10-16)11-15(18)12-14-5-3-4-6-17(14)20-2/h3-10H,11-12H2,1-2H3. The van der Waals surface area contributed by atoms with Gasteiger partial charge in [0.1, 0.15) is 17.3 Å². The van der Waals surface area contributed by atoms with Crippen molar-refractivity contribution in [3.05, 3.63) is 59.7 Å². The van der Waals surface area contributed by atoms with Crippen LogP contribution in [0.5, 0.6) is 11.5 Å². The number of Topliss-reactive ketones (excluding diaryl/α,β-unsaturated/α-hetero) is 1. The van der Waals surface area contributed by atoms with Crippen molar-refractivity contribution < 1.29 is 14.3 Å². The third-order valence-corrected chi connectivity index (χ3v) is 3.14. The summed E-state index contributed by atoms with van der Waals surface area (Å²) in [4.78, 5) is 12.1. The van der Waals surface area contributed by atoms with Crippen LogP contribution in [0, 0.1) is 0 Å². The maximum atomic E-state index is 12.1. The van der Waals surface area contributed by atoms with Crippen molar-refractivity contribution in [1.82, 2.24) is 0 Å². The molecule has 0 heterocycles. The highest BCUT2D eigenvalue weighted by molar-refractivity contribution is 5.83. The highest BCUT2D eigenvalue weighted by atomic mass is 16.5. The first-order valence-electron chi connectivity index (χ1n) is 6.49. The Morgan fingerprint density at radius 3 is 2.25 bits per heavy atom. The fourth-order valence-electron chi connectivity index (χ4n) is 2.09. The van der Waals surface area contributed by atoms with Crippen LogP contribution in [0.2, 0.25) is 0 Å². The summed E-state index contributed by atoms with van der Waals surface area (Å²) in [5.41, 5.74) is 1.92. The number of hydrogen-bond acceptors (Lipinski definition) is 3. The van der Waals surface area contributed by atoms with Gasteiger partial charge in [0.15, 0.2) is 0 Å². The van der Waals surface area contributed by atoms with E-state index in [0.717, 1.165) is 22.6 Å². The highest BCUT2D eigenvalue weighted by Crippen LogP contribution is 2.19. The Morgan fingerprint density at radius 2 is 1.60 bits per heavy atom. The summed E-state index contributed by atoms with van der Waals surface area (Å²) in [6.45, 7) is 0. The summed E-state index contributed by atoms with van der Waals surface area (Å²) >= 11 is 0. The van der Waals surface area contributed by atoms with E-state index in [1.165, 1.54) is 0 Å². The maximum Gasteiger partial charge on any atom is 0.141 e. The van der Waals surface area contributed by atoms with Gasteiger partial charge in [-0.15, -0.1) is 0 Å². The molecule has 2 rings (SSSR count). The number of hydrogen-bond donors (Lipinski definition) is 0. The van der Waals surface area contributed by atoms with Crippen LogP contribution in [0.4, 0.5) is 0 Å². The molecule has 2 aromatic rings. The predicted octanol–water partition coefficient (Wildman–Crippen LogP) is 3.06. The van der Waals surface area contributed by atoms with Gasteiger partial charge in [-0.1, -0.05) is 30.3 Å². The van der Waals surface area contributed by atoms with Crippen LogP contribution in [0.25, 0.3) is 0 Å². The van der Waals surface area contributed by atoms with E-state index >= 15 is 0 Å². The number of methoxy groups -OCH3 is 2. The Morgan fingerprint density at radius 1 is 0.900 bits per heavy atom. The fourth-order valence-corrected chi connectivity index (χ4v) is 2.09. The lowest BCUT2D eigenvalue weighted by Crippen LogP contribution is -2.07. The summed E-state index contributed by atoms with van der Waals surface area (Å²) in [6, 6.07) is 15.2. The van der Waals surface area contributed by atoms with E-state index in [0.29, 0.717) is 12.8 Å². The Kier molecular flexibility index (Phi) is 4.77. The van der Waals surface area contributed by atoms with Gasteiger partial charge in [0.2, 0.25) is 0 Å². The van der Waals surface area contributed by atoms with Crippen molar-refractivity contribution in [2.24, 2.45) is 0 Å². The van der Waals surface area contributed by atoms with Crippen LogP contribution >= 0.6 is 0 Å². The summed E-state index contributed by atoms with van der Waals surface area (Å²) in [5, 5.41) is 0. The van der Waals surface area contributed by atoms with Crippen molar-refractivity contribution in [3.63, 3.8) is 0 Å². The van der Waals surface area contributed by atoms with Crippen LogP contribution in [-0.2, 0) is 17.6 Å². The first-order chi connectivity index (χ1) is 9.72. The van der Waals surface area contributed by atoms with Crippen LogP contribution < -0.4 is 9.47 Å². The van der Waals surface area contributed by atoms with Gasteiger partial charge in [0.25, 0.3) is 0 Å². The monoisotopic (exact) mass is 270 g/mol. The highest BCUT2D eigenvalue weighted by Gasteiger charge is 2.09. The second kappa shape index (κ2) is 6.75. The molecule has 0 amide bonds. The molecule has 0 fully saturated rings. The summed E-state index contributed by atoms with van der Waals surface area (Å²) < 4.78 is 10.4. The zero-order chi connectivity index (χ0) is 14.4. The van der Waals surface area contributed by atoms with Gasteiger partial charge < -0.3 is 9.47 Å². The second-order valence-corrected chi connectivity index (χ2v) is 4.55. The molecule has 0 aliphatic heterocycles. The van der Waals surface area contributed by atoms with Gasteiger partial charge in [-0.3, -0.25) is 4.79 Å². The number of carbonyl (C=O) groups is 1. The third kappa shape index (κ3) is 3.60. The van der Waals surface area contributed by atoms with E-state index in [1.54, 1.807) is 14.2 Å². The lowest BCUT2D eigenvalue weighted by molar-refractivity contribution is -0.117. The molecule has 0 spiro atoms. The SMILES string of the molecule is COc1ccc(CC(=O)Cc2ccccc2OC)cc1. The molecule has 0 radical (unpaired) electrons. The smallest absolute Gasteiger partial charge is 0.141 e. The molecule has 0 aliphatic rings. The number of benzene rings is 2. The molecule has 2 aromatic carbocycles. The predicted molar refractivity (Wildman–Crippen MR) is 78.4 cm³/mol. The zero-order valence-electron chi connectivity index (χ0n) is 11.8. The van der Waals surface area contributed by atoms with Gasteiger partial charge in [0.05, 0.1) is 14.2 Å². The van der Waals surface area contributed by atoms with Crippen molar-refractivity contribution in [3.8, 4) is 11.5 Å². The van der Waals surface area contributed by atoms with Crippen LogP contribution in [0.15, 0.2) is 48.5 Å². The van der Waals surface area contributed by atoms with Crippen molar-refractivity contribution in [2.45, 2.75) is 12.8 Å².